The Hall–Kier alpha value is -3.36. The van der Waals surface area contributed by atoms with E-state index in [2.05, 4.69) is 0 Å². The Balaban J connectivity index is 1.55. The highest BCUT2D eigenvalue weighted by Crippen LogP contribution is 2.38. The molecular formula is C20H21N3O6. The molecule has 0 radical (unpaired) electrons. The van der Waals surface area contributed by atoms with Crippen molar-refractivity contribution < 1.29 is 19.2 Å². The first kappa shape index (κ1) is 19.0. The van der Waals surface area contributed by atoms with Gasteiger partial charge in [-0.2, -0.15) is 0 Å². The van der Waals surface area contributed by atoms with Crippen molar-refractivity contribution in [3.05, 3.63) is 62.6 Å². The number of benzene rings is 1. The van der Waals surface area contributed by atoms with Crippen LogP contribution in [0.2, 0.25) is 0 Å². The van der Waals surface area contributed by atoms with Gasteiger partial charge >= 0.3 is 0 Å². The lowest BCUT2D eigenvalue weighted by molar-refractivity contribution is -0.385. The lowest BCUT2D eigenvalue weighted by Crippen LogP contribution is -2.36. The molecule has 0 N–H and O–H groups in total. The van der Waals surface area contributed by atoms with E-state index in [0.717, 1.165) is 47.7 Å². The minimum Gasteiger partial charge on any atom is -0.490 e. The van der Waals surface area contributed by atoms with Gasteiger partial charge in [0.25, 0.3) is 11.2 Å². The molecule has 2 aliphatic rings. The topological polar surface area (TPSA) is 104 Å². The van der Waals surface area contributed by atoms with E-state index in [9.17, 15) is 19.7 Å². The van der Waals surface area contributed by atoms with Crippen molar-refractivity contribution in [2.75, 3.05) is 19.8 Å². The number of pyridine rings is 1. The molecule has 0 aliphatic carbocycles. The molecule has 9 heteroatoms. The molecule has 9 nitrogen and oxygen atoms in total. The maximum absolute atomic E-state index is 12.9. The van der Waals surface area contributed by atoms with Crippen LogP contribution in [0.3, 0.4) is 0 Å². The van der Waals surface area contributed by atoms with E-state index in [1.807, 2.05) is 18.2 Å². The second-order valence-corrected chi connectivity index (χ2v) is 7.11. The maximum atomic E-state index is 12.9. The fourth-order valence-electron chi connectivity index (χ4n) is 3.79. The van der Waals surface area contributed by atoms with Gasteiger partial charge in [0.15, 0.2) is 11.5 Å². The Kier molecular flexibility index (Phi) is 5.20. The summed E-state index contributed by atoms with van der Waals surface area (Å²) in [4.78, 5) is 37.0. The number of hydrogen-bond donors (Lipinski definition) is 0. The van der Waals surface area contributed by atoms with Crippen LogP contribution in [-0.2, 0) is 11.3 Å². The molecule has 1 atom stereocenters. The highest BCUT2D eigenvalue weighted by Gasteiger charge is 2.31. The Morgan fingerprint density at radius 3 is 2.72 bits per heavy atom. The second kappa shape index (κ2) is 7.94. The first-order valence-corrected chi connectivity index (χ1v) is 9.57. The molecule has 4 rings (SSSR count). The minimum atomic E-state index is -0.586. The average Bonchev–Trinajstić information content (AvgIpc) is 3.08. The molecule has 0 saturated carbocycles. The Morgan fingerprint density at radius 2 is 1.93 bits per heavy atom. The van der Waals surface area contributed by atoms with Gasteiger partial charge in [0.1, 0.15) is 6.54 Å². The van der Waals surface area contributed by atoms with E-state index in [1.165, 1.54) is 0 Å². The minimum absolute atomic E-state index is 0.131. The molecule has 1 aromatic heterocycles. The van der Waals surface area contributed by atoms with Gasteiger partial charge < -0.3 is 14.4 Å². The van der Waals surface area contributed by atoms with Gasteiger partial charge in [-0.3, -0.25) is 24.3 Å². The number of hydrogen-bond acceptors (Lipinski definition) is 6. The van der Waals surface area contributed by atoms with Crippen LogP contribution in [0.5, 0.6) is 11.5 Å². The summed E-state index contributed by atoms with van der Waals surface area (Å²) in [6, 6.07) is 7.83. The SMILES string of the molecule is O=C(Cn1cc([N+](=O)[O-])ccc1=O)N1CCC[C@H]1c1ccc2c(c1)OCCCO2. The summed E-state index contributed by atoms with van der Waals surface area (Å²) in [6.07, 6.45) is 3.57. The molecule has 0 spiro atoms. The molecule has 2 aromatic rings. The van der Waals surface area contributed by atoms with Crippen LogP contribution in [0.4, 0.5) is 5.69 Å². The van der Waals surface area contributed by atoms with Crippen LogP contribution in [0.1, 0.15) is 30.9 Å². The van der Waals surface area contributed by atoms with Crippen LogP contribution in [0.15, 0.2) is 41.3 Å². The van der Waals surface area contributed by atoms with Gasteiger partial charge in [-0.15, -0.1) is 0 Å². The third-order valence-electron chi connectivity index (χ3n) is 5.21. The van der Waals surface area contributed by atoms with Gasteiger partial charge in [-0.05, 0) is 30.5 Å². The second-order valence-electron chi connectivity index (χ2n) is 7.11. The first-order chi connectivity index (χ1) is 14.0. The van der Waals surface area contributed by atoms with Crippen LogP contribution in [0, 0.1) is 10.1 Å². The molecule has 29 heavy (non-hydrogen) atoms. The third kappa shape index (κ3) is 3.94. The number of nitrogens with zero attached hydrogens (tertiary/aromatic N) is 3. The van der Waals surface area contributed by atoms with Crippen molar-refractivity contribution in [1.82, 2.24) is 9.47 Å². The van der Waals surface area contributed by atoms with Crippen molar-refractivity contribution in [1.29, 1.82) is 0 Å². The molecule has 1 saturated heterocycles. The Bertz CT molecular complexity index is 1000. The molecule has 1 amide bonds. The first-order valence-electron chi connectivity index (χ1n) is 9.57. The number of nitro groups is 1. The molecule has 1 aromatic carbocycles. The third-order valence-corrected chi connectivity index (χ3v) is 5.21. The van der Waals surface area contributed by atoms with Crippen molar-refractivity contribution in [3.63, 3.8) is 0 Å². The standard InChI is InChI=1S/C20H21N3O6/c24-19-7-5-15(23(26)27)12-21(19)13-20(25)22-8-1-3-16(22)14-4-6-17-18(11-14)29-10-2-9-28-17/h4-7,11-12,16H,1-3,8-10,13H2/t16-/m0/s1. The van der Waals surface area contributed by atoms with E-state index in [0.29, 0.717) is 31.3 Å². The average molecular weight is 399 g/mol. The zero-order chi connectivity index (χ0) is 20.4. The number of carbonyl (C=O) groups excluding carboxylic acids is 1. The summed E-state index contributed by atoms with van der Waals surface area (Å²) < 4.78 is 12.5. The van der Waals surface area contributed by atoms with Crippen molar-refractivity contribution in [2.45, 2.75) is 31.8 Å². The highest BCUT2D eigenvalue weighted by atomic mass is 16.6. The molecule has 2 aliphatic heterocycles. The smallest absolute Gasteiger partial charge is 0.285 e. The zero-order valence-electron chi connectivity index (χ0n) is 15.8. The van der Waals surface area contributed by atoms with Crippen molar-refractivity contribution >= 4 is 11.6 Å². The summed E-state index contributed by atoms with van der Waals surface area (Å²) in [5.41, 5.74) is 0.278. The lowest BCUT2D eigenvalue weighted by atomic mass is 10.0. The number of aromatic nitrogens is 1. The number of fused-ring (bicyclic) bond motifs is 1. The van der Waals surface area contributed by atoms with E-state index >= 15 is 0 Å². The van der Waals surface area contributed by atoms with E-state index in [4.69, 9.17) is 9.47 Å². The summed E-state index contributed by atoms with van der Waals surface area (Å²) in [7, 11) is 0. The molecule has 0 bridgehead atoms. The number of amides is 1. The van der Waals surface area contributed by atoms with Crippen LogP contribution in [0.25, 0.3) is 0 Å². The number of ether oxygens (including phenoxy) is 2. The highest BCUT2D eigenvalue weighted by molar-refractivity contribution is 5.77. The van der Waals surface area contributed by atoms with Gasteiger partial charge in [-0.25, -0.2) is 0 Å². The predicted octanol–water partition coefficient (Wildman–Crippen LogP) is 2.28. The quantitative estimate of drug-likeness (QED) is 0.577. The number of carbonyl (C=O) groups is 1. The fourth-order valence-corrected chi connectivity index (χ4v) is 3.79. The number of rotatable bonds is 4. The van der Waals surface area contributed by atoms with Gasteiger partial charge in [0, 0.05) is 25.1 Å². The fraction of sp³-hybridized carbons (Fsp3) is 0.400. The zero-order valence-corrected chi connectivity index (χ0v) is 15.8. The predicted molar refractivity (Wildman–Crippen MR) is 103 cm³/mol. The van der Waals surface area contributed by atoms with Crippen molar-refractivity contribution in [2.24, 2.45) is 0 Å². The summed E-state index contributed by atoms with van der Waals surface area (Å²) >= 11 is 0. The van der Waals surface area contributed by atoms with Gasteiger partial charge in [-0.1, -0.05) is 6.07 Å². The van der Waals surface area contributed by atoms with Gasteiger partial charge in [0.2, 0.25) is 5.91 Å². The van der Waals surface area contributed by atoms with Crippen LogP contribution in [-0.4, -0.2) is 40.1 Å². The molecule has 0 unspecified atom stereocenters. The molecular weight excluding hydrogens is 378 g/mol. The van der Waals surface area contributed by atoms with E-state index in [-0.39, 0.29) is 24.2 Å². The molecule has 152 valence electrons. The normalized spacial score (nSPS) is 18.3. The summed E-state index contributed by atoms with van der Waals surface area (Å²) in [6.45, 7) is 1.53. The molecule has 1 fully saturated rings. The largest absolute Gasteiger partial charge is 0.490 e. The van der Waals surface area contributed by atoms with Crippen LogP contribution >= 0.6 is 0 Å². The van der Waals surface area contributed by atoms with Crippen molar-refractivity contribution in [3.8, 4) is 11.5 Å². The molecule has 3 heterocycles. The Morgan fingerprint density at radius 1 is 1.14 bits per heavy atom. The number of likely N-dealkylation sites (tertiary alicyclic amines) is 1. The monoisotopic (exact) mass is 399 g/mol. The summed E-state index contributed by atoms with van der Waals surface area (Å²) in [5.74, 6) is 1.13. The van der Waals surface area contributed by atoms with Gasteiger partial charge in [0.05, 0.1) is 30.4 Å². The lowest BCUT2D eigenvalue weighted by Gasteiger charge is -2.26. The maximum Gasteiger partial charge on any atom is 0.285 e. The van der Waals surface area contributed by atoms with E-state index < -0.39 is 10.5 Å². The van der Waals surface area contributed by atoms with Crippen LogP contribution < -0.4 is 15.0 Å². The van der Waals surface area contributed by atoms with E-state index in [1.54, 1.807) is 4.90 Å². The Labute approximate surface area is 166 Å². The summed E-state index contributed by atoms with van der Waals surface area (Å²) in [5, 5.41) is 11.0.